The number of oxazole rings is 1. The number of rotatable bonds is 14. The number of carboxylic acids is 1. The van der Waals surface area contributed by atoms with E-state index in [-0.39, 0.29) is 12.1 Å². The number of carboxylic acid groups (broad SMARTS) is 1. The predicted octanol–water partition coefficient (Wildman–Crippen LogP) is 4.20. The van der Waals surface area contributed by atoms with Crippen LogP contribution in [0, 0.1) is 0 Å². The summed E-state index contributed by atoms with van der Waals surface area (Å²) in [5, 5.41) is 16.1. The molecule has 1 aliphatic rings. The molecule has 194 valence electrons. The number of para-hydroxylation sites is 2. The van der Waals surface area contributed by atoms with E-state index < -0.39 is 12.0 Å². The van der Waals surface area contributed by atoms with Crippen LogP contribution in [0.2, 0.25) is 0 Å². The van der Waals surface area contributed by atoms with Crippen LogP contribution in [0.5, 0.6) is 0 Å². The molecule has 0 fully saturated rings. The van der Waals surface area contributed by atoms with Crippen LogP contribution in [-0.2, 0) is 22.4 Å². The van der Waals surface area contributed by atoms with E-state index in [0.717, 1.165) is 63.3 Å². The minimum atomic E-state index is -0.927. The Morgan fingerprint density at radius 2 is 2.08 bits per heavy atom. The van der Waals surface area contributed by atoms with Gasteiger partial charge in [-0.1, -0.05) is 18.2 Å². The summed E-state index contributed by atoms with van der Waals surface area (Å²) >= 11 is 0. The molecular weight excluding hydrogens is 458 g/mol. The Morgan fingerprint density at radius 3 is 2.89 bits per heavy atom. The van der Waals surface area contributed by atoms with Gasteiger partial charge in [0.05, 0.1) is 6.10 Å². The lowest BCUT2D eigenvalue weighted by atomic mass is 10.1. The lowest BCUT2D eigenvalue weighted by molar-refractivity contribution is -0.138. The summed E-state index contributed by atoms with van der Waals surface area (Å²) < 4.78 is 11.1. The average Bonchev–Trinajstić information content (AvgIpc) is 3.30. The van der Waals surface area contributed by atoms with Crippen LogP contribution in [-0.4, -0.2) is 71.4 Å². The minimum absolute atomic E-state index is 0.0617. The number of ether oxygens (including phenoxy) is 1. The predicted molar refractivity (Wildman–Crippen MR) is 141 cm³/mol. The summed E-state index contributed by atoms with van der Waals surface area (Å²) in [5.41, 5.74) is 3.75. The number of aromatic nitrogens is 2. The smallest absolute Gasteiger partial charge is 0.326 e. The summed E-state index contributed by atoms with van der Waals surface area (Å²) in [6.45, 7) is 5.26. The van der Waals surface area contributed by atoms with E-state index >= 15 is 0 Å². The summed E-state index contributed by atoms with van der Waals surface area (Å²) in [7, 11) is 1.70. The first-order valence-electron chi connectivity index (χ1n) is 12.8. The molecule has 0 bridgehead atoms. The number of nitrogens with one attached hydrogen (secondary N) is 2. The number of carbonyl (C=O) groups is 1. The zero-order valence-corrected chi connectivity index (χ0v) is 21.2. The molecule has 3 N–H and O–H groups in total. The highest BCUT2D eigenvalue weighted by Crippen LogP contribution is 2.21. The molecule has 1 aromatic carbocycles. The Kier molecular flexibility index (Phi) is 9.13. The molecule has 2 unspecified atom stereocenters. The largest absolute Gasteiger partial charge is 0.480 e. The lowest BCUT2D eigenvalue weighted by Gasteiger charge is -2.26. The minimum Gasteiger partial charge on any atom is -0.480 e. The number of anilines is 2. The summed E-state index contributed by atoms with van der Waals surface area (Å²) in [6.07, 6.45) is 5.69. The van der Waals surface area contributed by atoms with E-state index in [9.17, 15) is 9.90 Å². The van der Waals surface area contributed by atoms with Gasteiger partial charge in [-0.05, 0) is 75.8 Å². The maximum atomic E-state index is 11.9. The molecule has 36 heavy (non-hydrogen) atoms. The molecule has 0 saturated heterocycles. The molecule has 0 aliphatic carbocycles. The van der Waals surface area contributed by atoms with Gasteiger partial charge >= 0.3 is 5.97 Å². The monoisotopic (exact) mass is 495 g/mol. The first kappa shape index (κ1) is 25.9. The fraction of sp³-hybridized carbons (Fsp3) is 0.519. The lowest BCUT2D eigenvalue weighted by Crippen LogP contribution is -2.38. The number of methoxy groups -OCH3 is 1. The van der Waals surface area contributed by atoms with Crippen molar-refractivity contribution in [2.24, 2.45) is 0 Å². The molecule has 1 aliphatic heterocycles. The molecule has 2 atom stereocenters. The molecular formula is C27H37N5O4. The molecule has 2 aromatic heterocycles. The van der Waals surface area contributed by atoms with Crippen molar-refractivity contribution in [2.45, 2.75) is 57.6 Å². The van der Waals surface area contributed by atoms with Gasteiger partial charge in [0.25, 0.3) is 6.01 Å². The summed E-state index contributed by atoms with van der Waals surface area (Å²) in [5.74, 6) is 0.115. The number of aryl methyl sites for hydroxylation is 2. The van der Waals surface area contributed by atoms with Crippen molar-refractivity contribution in [3.8, 4) is 0 Å². The highest BCUT2D eigenvalue weighted by Gasteiger charge is 2.22. The van der Waals surface area contributed by atoms with Crippen molar-refractivity contribution in [3.63, 3.8) is 0 Å². The summed E-state index contributed by atoms with van der Waals surface area (Å²) in [4.78, 5) is 23.4. The molecule has 9 nitrogen and oxygen atoms in total. The van der Waals surface area contributed by atoms with Crippen molar-refractivity contribution < 1.29 is 19.1 Å². The van der Waals surface area contributed by atoms with Crippen LogP contribution < -0.4 is 10.6 Å². The number of hydrogen-bond acceptors (Lipinski definition) is 8. The molecule has 0 amide bonds. The van der Waals surface area contributed by atoms with E-state index in [1.807, 2.05) is 31.2 Å². The molecule has 0 saturated carbocycles. The van der Waals surface area contributed by atoms with E-state index in [2.05, 4.69) is 32.7 Å². The topological polar surface area (TPSA) is 113 Å². The van der Waals surface area contributed by atoms with E-state index in [1.165, 1.54) is 5.56 Å². The summed E-state index contributed by atoms with van der Waals surface area (Å²) in [6, 6.07) is 11.2. The van der Waals surface area contributed by atoms with Gasteiger partial charge in [0.1, 0.15) is 17.4 Å². The fourth-order valence-electron chi connectivity index (χ4n) is 4.53. The Morgan fingerprint density at radius 1 is 1.22 bits per heavy atom. The number of unbranched alkanes of at least 4 members (excludes halogenated alkanes) is 1. The number of nitrogens with zero attached hydrogens (tertiary/aromatic N) is 3. The zero-order chi connectivity index (χ0) is 25.3. The van der Waals surface area contributed by atoms with Crippen molar-refractivity contribution in [3.05, 3.63) is 47.7 Å². The maximum absolute atomic E-state index is 11.9. The van der Waals surface area contributed by atoms with Gasteiger partial charge < -0.3 is 29.8 Å². The molecule has 0 spiro atoms. The van der Waals surface area contributed by atoms with Gasteiger partial charge in [0.2, 0.25) is 0 Å². The van der Waals surface area contributed by atoms with Crippen molar-refractivity contribution >= 4 is 28.9 Å². The SMILES string of the molecule is COC(C)CN(CCCCc1ccc2c(n1)NCCC2)CCC(Nc1nc2ccccc2o1)C(=O)O. The van der Waals surface area contributed by atoms with Crippen LogP contribution in [0.4, 0.5) is 11.8 Å². The molecule has 0 radical (unpaired) electrons. The Bertz CT molecular complexity index is 1100. The van der Waals surface area contributed by atoms with Crippen molar-refractivity contribution in [2.75, 3.05) is 43.9 Å². The Hall–Kier alpha value is -3.17. The van der Waals surface area contributed by atoms with Crippen molar-refractivity contribution in [1.82, 2.24) is 14.9 Å². The molecule has 3 heterocycles. The first-order chi connectivity index (χ1) is 17.5. The highest BCUT2D eigenvalue weighted by molar-refractivity contribution is 5.78. The number of hydrogen-bond donors (Lipinski definition) is 3. The van der Waals surface area contributed by atoms with Crippen LogP contribution in [0.15, 0.2) is 40.8 Å². The maximum Gasteiger partial charge on any atom is 0.326 e. The Balaban J connectivity index is 1.29. The second kappa shape index (κ2) is 12.7. The fourth-order valence-corrected chi connectivity index (χ4v) is 4.53. The number of aliphatic carboxylic acids is 1. The molecule has 9 heteroatoms. The van der Waals surface area contributed by atoms with Crippen LogP contribution >= 0.6 is 0 Å². The van der Waals surface area contributed by atoms with E-state index in [0.29, 0.717) is 24.1 Å². The van der Waals surface area contributed by atoms with E-state index in [1.54, 1.807) is 7.11 Å². The molecule has 3 aromatic rings. The average molecular weight is 496 g/mol. The standard InChI is InChI=1S/C27H37N5O4/c1-19(35-2)18-32(16-6-5-9-21-13-12-20-8-7-15-28-25(20)29-21)17-14-23(26(33)34)31-27-30-22-10-3-4-11-24(22)36-27/h3-4,10-13,19,23H,5-9,14-18H2,1-2H3,(H,28,29)(H,30,31)(H,33,34). The zero-order valence-electron chi connectivity index (χ0n) is 21.2. The number of fused-ring (bicyclic) bond motifs is 2. The van der Waals surface area contributed by atoms with Gasteiger partial charge in [-0.25, -0.2) is 9.78 Å². The van der Waals surface area contributed by atoms with Gasteiger partial charge in [-0.3, -0.25) is 0 Å². The van der Waals surface area contributed by atoms with Crippen LogP contribution in [0.25, 0.3) is 11.1 Å². The second-order valence-corrected chi connectivity index (χ2v) is 9.46. The van der Waals surface area contributed by atoms with Gasteiger partial charge in [-0.2, -0.15) is 4.98 Å². The Labute approximate surface area is 212 Å². The van der Waals surface area contributed by atoms with Gasteiger partial charge in [0.15, 0.2) is 5.58 Å². The van der Waals surface area contributed by atoms with Gasteiger partial charge in [-0.15, -0.1) is 0 Å². The van der Waals surface area contributed by atoms with E-state index in [4.69, 9.17) is 14.1 Å². The third-order valence-electron chi connectivity index (χ3n) is 6.65. The second-order valence-electron chi connectivity index (χ2n) is 9.46. The van der Waals surface area contributed by atoms with Crippen LogP contribution in [0.3, 0.4) is 0 Å². The van der Waals surface area contributed by atoms with Gasteiger partial charge in [0, 0.05) is 32.4 Å². The first-order valence-corrected chi connectivity index (χ1v) is 12.8. The normalized spacial score (nSPS) is 14.9. The number of benzene rings is 1. The highest BCUT2D eigenvalue weighted by atomic mass is 16.5. The van der Waals surface area contributed by atoms with Crippen molar-refractivity contribution in [1.29, 1.82) is 0 Å². The third kappa shape index (κ3) is 7.18. The quantitative estimate of drug-likeness (QED) is 0.283. The van der Waals surface area contributed by atoms with Crippen LogP contribution in [0.1, 0.15) is 43.9 Å². The molecule has 4 rings (SSSR count). The number of pyridine rings is 1. The third-order valence-corrected chi connectivity index (χ3v) is 6.65.